The molecule has 0 aliphatic carbocycles. The van der Waals surface area contributed by atoms with Crippen LogP contribution in [-0.4, -0.2) is 43.4 Å². The molecular weight excluding hydrogens is 434 g/mol. The summed E-state index contributed by atoms with van der Waals surface area (Å²) in [7, 11) is -3.50. The van der Waals surface area contributed by atoms with Crippen LogP contribution >= 0.6 is 11.8 Å². The summed E-state index contributed by atoms with van der Waals surface area (Å²) >= 11 is 1.38. The number of nitrogens with one attached hydrogen (secondary N) is 2. The summed E-state index contributed by atoms with van der Waals surface area (Å²) in [4.78, 5) is 24.5. The van der Waals surface area contributed by atoms with Gasteiger partial charge < -0.3 is 10.6 Å². The highest BCUT2D eigenvalue weighted by Crippen LogP contribution is 2.23. The van der Waals surface area contributed by atoms with Crippen molar-refractivity contribution in [2.24, 2.45) is 0 Å². The topological polar surface area (TPSA) is 95.6 Å². The highest BCUT2D eigenvalue weighted by atomic mass is 32.2. The van der Waals surface area contributed by atoms with E-state index in [1.807, 2.05) is 12.1 Å². The summed E-state index contributed by atoms with van der Waals surface area (Å²) in [6, 6.07) is 13.6. The normalized spacial score (nSPS) is 15.1. The Labute approximate surface area is 187 Å². The first kappa shape index (κ1) is 23.3. The molecule has 0 saturated carbocycles. The summed E-state index contributed by atoms with van der Waals surface area (Å²) in [5.41, 5.74) is 1.26. The quantitative estimate of drug-likeness (QED) is 0.609. The molecule has 0 aromatic heterocycles. The molecule has 166 valence electrons. The number of rotatable bonds is 7. The van der Waals surface area contributed by atoms with Crippen LogP contribution in [0.1, 0.15) is 32.6 Å². The van der Waals surface area contributed by atoms with Crippen molar-refractivity contribution in [2.45, 2.75) is 42.4 Å². The number of carbonyl (C=O) groups excluding carboxylic acids is 2. The van der Waals surface area contributed by atoms with Crippen molar-refractivity contribution in [1.82, 2.24) is 4.31 Å². The van der Waals surface area contributed by atoms with Gasteiger partial charge >= 0.3 is 0 Å². The van der Waals surface area contributed by atoms with Crippen LogP contribution in [0.5, 0.6) is 0 Å². The van der Waals surface area contributed by atoms with E-state index < -0.39 is 10.0 Å². The Bertz CT molecular complexity index is 998. The van der Waals surface area contributed by atoms with E-state index in [1.165, 1.54) is 18.7 Å². The Morgan fingerprint density at radius 3 is 2.00 bits per heavy atom. The first-order valence-corrected chi connectivity index (χ1v) is 12.7. The Hall–Kier alpha value is -2.36. The predicted octanol–water partition coefficient (Wildman–Crippen LogP) is 3.94. The molecule has 9 heteroatoms. The molecule has 0 atom stereocenters. The monoisotopic (exact) mass is 461 g/mol. The number of sulfonamides is 1. The van der Waals surface area contributed by atoms with E-state index in [0.29, 0.717) is 24.5 Å². The number of carbonyl (C=O) groups is 2. The molecular formula is C22H27N3O4S2. The highest BCUT2D eigenvalue weighted by Gasteiger charge is 2.24. The maximum absolute atomic E-state index is 12.8. The summed E-state index contributed by atoms with van der Waals surface area (Å²) in [5.74, 6) is -0.100. The molecule has 3 rings (SSSR count). The van der Waals surface area contributed by atoms with Crippen molar-refractivity contribution in [3.63, 3.8) is 0 Å². The van der Waals surface area contributed by atoms with Crippen LogP contribution in [0.2, 0.25) is 0 Å². The number of amides is 2. The molecule has 0 bridgehead atoms. The van der Waals surface area contributed by atoms with Gasteiger partial charge in [-0.2, -0.15) is 4.31 Å². The minimum absolute atomic E-state index is 0.134. The molecule has 1 aliphatic rings. The van der Waals surface area contributed by atoms with Crippen LogP contribution in [0, 0.1) is 0 Å². The van der Waals surface area contributed by atoms with Gasteiger partial charge in [0.2, 0.25) is 21.8 Å². The second-order valence-electron chi connectivity index (χ2n) is 7.39. The molecule has 0 unspecified atom stereocenters. The van der Waals surface area contributed by atoms with Crippen LogP contribution in [0.15, 0.2) is 58.3 Å². The second kappa shape index (κ2) is 10.8. The number of anilines is 2. The standard InChI is InChI=1S/C22H27N3O4S2/c1-17(26)23-18-6-10-20(11-7-18)30-16-22(27)24-19-8-12-21(13-9-19)31(28,29)25-14-4-2-3-5-15-25/h6-13H,2-5,14-16H2,1H3,(H,23,26)(H,24,27). The summed E-state index contributed by atoms with van der Waals surface area (Å²) in [6.45, 7) is 2.57. The third-order valence-corrected chi connectivity index (χ3v) is 7.81. The van der Waals surface area contributed by atoms with Gasteiger partial charge in [-0.25, -0.2) is 8.42 Å². The second-order valence-corrected chi connectivity index (χ2v) is 10.4. The minimum atomic E-state index is -3.50. The summed E-state index contributed by atoms with van der Waals surface area (Å²) < 4.78 is 27.2. The molecule has 2 aromatic carbocycles. The highest BCUT2D eigenvalue weighted by molar-refractivity contribution is 8.00. The van der Waals surface area contributed by atoms with Crippen LogP contribution in [0.25, 0.3) is 0 Å². The lowest BCUT2D eigenvalue weighted by Gasteiger charge is -2.20. The molecule has 0 radical (unpaired) electrons. The van der Waals surface area contributed by atoms with E-state index in [9.17, 15) is 18.0 Å². The van der Waals surface area contributed by atoms with Gasteiger partial charge in [0.1, 0.15) is 0 Å². The number of thioether (sulfide) groups is 1. The van der Waals surface area contributed by atoms with Gasteiger partial charge in [-0.05, 0) is 61.4 Å². The third-order valence-electron chi connectivity index (χ3n) is 4.89. The molecule has 2 N–H and O–H groups in total. The summed E-state index contributed by atoms with van der Waals surface area (Å²) in [6.07, 6.45) is 3.91. The molecule has 0 spiro atoms. The number of benzene rings is 2. The van der Waals surface area contributed by atoms with Crippen LogP contribution in [-0.2, 0) is 19.6 Å². The van der Waals surface area contributed by atoms with Crippen molar-refractivity contribution >= 4 is 45.0 Å². The third kappa shape index (κ3) is 6.81. The van der Waals surface area contributed by atoms with Crippen molar-refractivity contribution in [1.29, 1.82) is 0 Å². The molecule has 2 aromatic rings. The van der Waals surface area contributed by atoms with Gasteiger partial charge in [0.15, 0.2) is 0 Å². The number of hydrogen-bond acceptors (Lipinski definition) is 5. The largest absolute Gasteiger partial charge is 0.326 e. The van der Waals surface area contributed by atoms with Gasteiger partial charge in [0.25, 0.3) is 0 Å². The molecule has 1 heterocycles. The molecule has 7 nitrogen and oxygen atoms in total. The lowest BCUT2D eigenvalue weighted by molar-refractivity contribution is -0.114. The van der Waals surface area contributed by atoms with E-state index in [1.54, 1.807) is 40.7 Å². The number of hydrogen-bond donors (Lipinski definition) is 2. The minimum Gasteiger partial charge on any atom is -0.326 e. The van der Waals surface area contributed by atoms with E-state index in [4.69, 9.17) is 0 Å². The van der Waals surface area contributed by atoms with Crippen LogP contribution in [0.4, 0.5) is 11.4 Å². The predicted molar refractivity (Wildman–Crippen MR) is 124 cm³/mol. The average molecular weight is 462 g/mol. The van der Waals surface area contributed by atoms with Crippen LogP contribution < -0.4 is 10.6 Å². The summed E-state index contributed by atoms with van der Waals surface area (Å²) in [5, 5.41) is 5.49. The Kier molecular flexibility index (Phi) is 8.11. The van der Waals surface area contributed by atoms with E-state index in [2.05, 4.69) is 10.6 Å². The first-order chi connectivity index (χ1) is 14.8. The fourth-order valence-corrected chi connectivity index (χ4v) is 5.54. The zero-order chi connectivity index (χ0) is 22.3. The van der Waals surface area contributed by atoms with Crippen molar-refractivity contribution in [2.75, 3.05) is 29.5 Å². The van der Waals surface area contributed by atoms with Gasteiger partial charge in [-0.3, -0.25) is 9.59 Å². The smallest absolute Gasteiger partial charge is 0.243 e. The maximum Gasteiger partial charge on any atom is 0.243 e. The van der Waals surface area contributed by atoms with E-state index in [0.717, 1.165) is 30.6 Å². The number of nitrogens with zero attached hydrogens (tertiary/aromatic N) is 1. The Morgan fingerprint density at radius 2 is 1.42 bits per heavy atom. The maximum atomic E-state index is 12.8. The lowest BCUT2D eigenvalue weighted by Crippen LogP contribution is -2.31. The molecule has 1 aliphatic heterocycles. The van der Waals surface area contributed by atoms with E-state index >= 15 is 0 Å². The Balaban J connectivity index is 1.53. The van der Waals surface area contributed by atoms with Gasteiger partial charge in [0.05, 0.1) is 10.6 Å². The lowest BCUT2D eigenvalue weighted by atomic mass is 10.2. The molecule has 1 fully saturated rings. The fourth-order valence-electron chi connectivity index (χ4n) is 3.33. The SMILES string of the molecule is CC(=O)Nc1ccc(SCC(=O)Nc2ccc(S(=O)(=O)N3CCCCCC3)cc2)cc1. The van der Waals surface area contributed by atoms with Crippen molar-refractivity contribution in [3.8, 4) is 0 Å². The van der Waals surface area contributed by atoms with Gasteiger partial charge in [0, 0.05) is 36.3 Å². The Morgan fingerprint density at radius 1 is 0.871 bits per heavy atom. The zero-order valence-corrected chi connectivity index (χ0v) is 19.1. The average Bonchev–Trinajstić information content (AvgIpc) is 3.03. The molecule has 2 amide bonds. The first-order valence-electron chi connectivity index (χ1n) is 10.2. The molecule has 31 heavy (non-hydrogen) atoms. The van der Waals surface area contributed by atoms with Crippen molar-refractivity contribution in [3.05, 3.63) is 48.5 Å². The van der Waals surface area contributed by atoms with Gasteiger partial charge in [-0.15, -0.1) is 11.8 Å². The zero-order valence-electron chi connectivity index (χ0n) is 17.5. The van der Waals surface area contributed by atoms with E-state index in [-0.39, 0.29) is 22.5 Å². The molecule has 1 saturated heterocycles. The van der Waals surface area contributed by atoms with Crippen LogP contribution in [0.3, 0.4) is 0 Å². The van der Waals surface area contributed by atoms with Gasteiger partial charge in [-0.1, -0.05) is 12.8 Å². The van der Waals surface area contributed by atoms with Crippen molar-refractivity contribution < 1.29 is 18.0 Å². The fraction of sp³-hybridized carbons (Fsp3) is 0.364.